The van der Waals surface area contributed by atoms with E-state index in [-0.39, 0.29) is 6.42 Å². The summed E-state index contributed by atoms with van der Waals surface area (Å²) >= 11 is 1.49. The molecule has 0 bridgehead atoms. The fourth-order valence-electron chi connectivity index (χ4n) is 2.57. The van der Waals surface area contributed by atoms with Gasteiger partial charge >= 0.3 is 0 Å². The molecule has 0 aromatic heterocycles. The Bertz CT molecular complexity index is 900. The van der Waals surface area contributed by atoms with Crippen molar-refractivity contribution in [2.24, 2.45) is 0 Å². The van der Waals surface area contributed by atoms with Crippen molar-refractivity contribution in [2.45, 2.75) is 37.1 Å². The zero-order valence-corrected chi connectivity index (χ0v) is 17.7. The Labute approximate surface area is 170 Å². The van der Waals surface area contributed by atoms with Crippen LogP contribution in [0.15, 0.2) is 53.4 Å². The Balaban J connectivity index is 2.18. The first-order valence-corrected chi connectivity index (χ1v) is 11.8. The molecule has 0 aliphatic heterocycles. The van der Waals surface area contributed by atoms with Crippen molar-refractivity contribution in [1.29, 1.82) is 0 Å². The van der Waals surface area contributed by atoms with Gasteiger partial charge in [0, 0.05) is 5.69 Å². The Morgan fingerprint density at radius 3 is 2.32 bits per heavy atom. The van der Waals surface area contributed by atoms with Crippen LogP contribution in [0.25, 0.3) is 0 Å². The standard InChI is InChI=1S/C20H25FN2O3S2/c1-14(2)15-8-10-16(11-9-15)22-20(24)18(12-13-27-3)23-28(25,26)19-7-5-4-6-17(19)21/h4-11,14,18,23H,12-13H2,1-3H3,(H,22,24)/t18-/m0/s1. The highest BCUT2D eigenvalue weighted by Crippen LogP contribution is 2.19. The summed E-state index contributed by atoms with van der Waals surface area (Å²) in [5.74, 6) is -0.398. The van der Waals surface area contributed by atoms with Crippen LogP contribution in [0.5, 0.6) is 0 Å². The first kappa shape index (κ1) is 22.4. The molecule has 0 aliphatic carbocycles. The summed E-state index contributed by atoms with van der Waals surface area (Å²) in [5, 5.41) is 2.74. The summed E-state index contributed by atoms with van der Waals surface area (Å²) in [4.78, 5) is 12.2. The van der Waals surface area contributed by atoms with Gasteiger partial charge in [-0.05, 0) is 54.2 Å². The van der Waals surface area contributed by atoms with Crippen molar-refractivity contribution in [1.82, 2.24) is 4.72 Å². The molecule has 0 radical (unpaired) electrons. The lowest BCUT2D eigenvalue weighted by Gasteiger charge is -2.19. The molecule has 1 amide bonds. The van der Waals surface area contributed by atoms with Crippen LogP contribution in [0.3, 0.4) is 0 Å². The molecule has 0 heterocycles. The van der Waals surface area contributed by atoms with Crippen LogP contribution in [0.2, 0.25) is 0 Å². The predicted molar refractivity (Wildman–Crippen MR) is 113 cm³/mol. The van der Waals surface area contributed by atoms with Crippen molar-refractivity contribution >= 4 is 33.4 Å². The molecule has 2 rings (SSSR count). The summed E-state index contributed by atoms with van der Waals surface area (Å²) in [6, 6.07) is 11.5. The minimum absolute atomic E-state index is 0.283. The minimum Gasteiger partial charge on any atom is -0.325 e. The number of thioether (sulfide) groups is 1. The van der Waals surface area contributed by atoms with E-state index in [0.29, 0.717) is 17.4 Å². The topological polar surface area (TPSA) is 75.3 Å². The number of anilines is 1. The molecule has 28 heavy (non-hydrogen) atoms. The monoisotopic (exact) mass is 424 g/mol. The van der Waals surface area contributed by atoms with E-state index in [0.717, 1.165) is 11.6 Å². The van der Waals surface area contributed by atoms with Gasteiger partial charge in [-0.25, -0.2) is 12.8 Å². The van der Waals surface area contributed by atoms with E-state index in [4.69, 9.17) is 0 Å². The fraction of sp³-hybridized carbons (Fsp3) is 0.350. The number of amides is 1. The summed E-state index contributed by atoms with van der Waals surface area (Å²) in [6.07, 6.45) is 2.15. The predicted octanol–water partition coefficient (Wildman–Crippen LogP) is 3.99. The second kappa shape index (κ2) is 10.0. The van der Waals surface area contributed by atoms with Gasteiger partial charge < -0.3 is 5.32 Å². The van der Waals surface area contributed by atoms with Gasteiger partial charge in [0.2, 0.25) is 15.9 Å². The average molecular weight is 425 g/mol. The Morgan fingerprint density at radius 1 is 1.11 bits per heavy atom. The normalized spacial score (nSPS) is 12.8. The molecule has 1 atom stereocenters. The number of hydrogen-bond donors (Lipinski definition) is 2. The van der Waals surface area contributed by atoms with Gasteiger partial charge in [0.05, 0.1) is 0 Å². The molecular formula is C20H25FN2O3S2. The third kappa shape index (κ3) is 6.05. The molecule has 2 aromatic carbocycles. The smallest absolute Gasteiger partial charge is 0.244 e. The van der Waals surface area contributed by atoms with E-state index in [1.807, 2.05) is 18.4 Å². The van der Waals surface area contributed by atoms with Gasteiger partial charge in [-0.1, -0.05) is 38.1 Å². The molecule has 0 spiro atoms. The molecule has 0 aliphatic rings. The van der Waals surface area contributed by atoms with Crippen LogP contribution in [-0.4, -0.2) is 32.4 Å². The molecule has 2 N–H and O–H groups in total. The van der Waals surface area contributed by atoms with Crippen molar-refractivity contribution < 1.29 is 17.6 Å². The molecular weight excluding hydrogens is 399 g/mol. The van der Waals surface area contributed by atoms with E-state index >= 15 is 0 Å². The van der Waals surface area contributed by atoms with Gasteiger partial charge in [-0.15, -0.1) is 0 Å². The quantitative estimate of drug-likeness (QED) is 0.638. The highest BCUT2D eigenvalue weighted by molar-refractivity contribution is 7.98. The number of sulfonamides is 1. The van der Waals surface area contributed by atoms with Gasteiger partial charge in [0.25, 0.3) is 0 Å². The lowest BCUT2D eigenvalue weighted by molar-refractivity contribution is -0.117. The molecule has 0 saturated heterocycles. The first-order valence-electron chi connectivity index (χ1n) is 8.91. The fourth-order valence-corrected chi connectivity index (χ4v) is 4.35. The number of nitrogens with one attached hydrogen (secondary N) is 2. The maximum Gasteiger partial charge on any atom is 0.244 e. The number of hydrogen-bond acceptors (Lipinski definition) is 4. The van der Waals surface area contributed by atoms with Gasteiger partial charge in [-0.3, -0.25) is 4.79 Å². The molecule has 8 heteroatoms. The van der Waals surface area contributed by atoms with Crippen LogP contribution in [0.1, 0.15) is 31.7 Å². The Morgan fingerprint density at radius 2 is 1.75 bits per heavy atom. The second-order valence-corrected chi connectivity index (χ2v) is 9.32. The maximum absolute atomic E-state index is 13.9. The zero-order chi connectivity index (χ0) is 20.7. The highest BCUT2D eigenvalue weighted by Gasteiger charge is 2.27. The van der Waals surface area contributed by atoms with Gasteiger partial charge in [-0.2, -0.15) is 16.5 Å². The van der Waals surface area contributed by atoms with Crippen molar-refractivity contribution in [2.75, 3.05) is 17.3 Å². The van der Waals surface area contributed by atoms with Crippen LogP contribution in [0.4, 0.5) is 10.1 Å². The molecule has 0 fully saturated rings. The van der Waals surface area contributed by atoms with Crippen molar-refractivity contribution in [3.05, 3.63) is 59.9 Å². The summed E-state index contributed by atoms with van der Waals surface area (Å²) in [5.41, 5.74) is 1.71. The van der Waals surface area contributed by atoms with Crippen LogP contribution < -0.4 is 10.0 Å². The van der Waals surface area contributed by atoms with E-state index in [1.165, 1.54) is 30.0 Å². The zero-order valence-electron chi connectivity index (χ0n) is 16.1. The lowest BCUT2D eigenvalue weighted by Crippen LogP contribution is -2.44. The molecule has 152 valence electrons. The van der Waals surface area contributed by atoms with Crippen LogP contribution >= 0.6 is 11.8 Å². The number of carbonyl (C=O) groups excluding carboxylic acids is 1. The van der Waals surface area contributed by atoms with Crippen molar-refractivity contribution in [3.63, 3.8) is 0 Å². The van der Waals surface area contributed by atoms with E-state index in [9.17, 15) is 17.6 Å². The Hall–Kier alpha value is -1.90. The third-order valence-electron chi connectivity index (χ3n) is 4.20. The van der Waals surface area contributed by atoms with E-state index in [1.54, 1.807) is 12.1 Å². The number of benzene rings is 2. The summed E-state index contributed by atoms with van der Waals surface area (Å²) < 4.78 is 41.4. The van der Waals surface area contributed by atoms with Crippen molar-refractivity contribution in [3.8, 4) is 0 Å². The highest BCUT2D eigenvalue weighted by atomic mass is 32.2. The number of rotatable bonds is 9. The average Bonchev–Trinajstić information content (AvgIpc) is 2.65. The van der Waals surface area contributed by atoms with Crippen LogP contribution in [-0.2, 0) is 14.8 Å². The largest absolute Gasteiger partial charge is 0.325 e. The first-order chi connectivity index (χ1) is 13.2. The Kier molecular flexibility index (Phi) is 8.03. The maximum atomic E-state index is 13.9. The number of halogens is 1. The molecule has 0 saturated carbocycles. The second-order valence-electron chi connectivity index (χ2n) is 6.65. The van der Waals surface area contributed by atoms with E-state index in [2.05, 4.69) is 23.9 Å². The van der Waals surface area contributed by atoms with Gasteiger partial charge in [0.1, 0.15) is 16.8 Å². The number of carbonyl (C=O) groups is 1. The van der Waals surface area contributed by atoms with Gasteiger partial charge in [0.15, 0.2) is 0 Å². The van der Waals surface area contributed by atoms with E-state index < -0.39 is 32.7 Å². The van der Waals surface area contributed by atoms with Crippen LogP contribution in [0, 0.1) is 5.82 Å². The third-order valence-corrected chi connectivity index (χ3v) is 6.34. The summed E-state index contributed by atoms with van der Waals surface area (Å²) in [6.45, 7) is 4.15. The lowest BCUT2D eigenvalue weighted by atomic mass is 10.0. The molecule has 2 aromatic rings. The minimum atomic E-state index is -4.17. The molecule has 5 nitrogen and oxygen atoms in total. The SMILES string of the molecule is CSCC[C@H](NS(=O)(=O)c1ccccc1F)C(=O)Nc1ccc(C(C)C)cc1. The molecule has 0 unspecified atom stereocenters. The summed E-state index contributed by atoms with van der Waals surface area (Å²) in [7, 11) is -4.17.